The molecule has 0 fully saturated rings. The Morgan fingerprint density at radius 1 is 1.53 bits per heavy atom. The summed E-state index contributed by atoms with van der Waals surface area (Å²) in [6.07, 6.45) is 0.593. The molecule has 0 aliphatic carbocycles. The van der Waals surface area contributed by atoms with E-state index in [-0.39, 0.29) is 18.2 Å². The lowest BCUT2D eigenvalue weighted by Crippen LogP contribution is -2.27. The maximum Gasteiger partial charge on any atom is 0.123 e. The van der Waals surface area contributed by atoms with Crippen molar-refractivity contribution in [3.05, 3.63) is 23.8 Å². The predicted octanol–water partition coefficient (Wildman–Crippen LogP) is 1.13. The average Bonchev–Trinajstić information content (AvgIpc) is 2.70. The molecule has 0 spiro atoms. The van der Waals surface area contributed by atoms with Gasteiger partial charge in [-0.15, -0.1) is 0 Å². The third kappa shape index (κ3) is 2.70. The first-order chi connectivity index (χ1) is 8.10. The second-order valence-electron chi connectivity index (χ2n) is 4.68. The van der Waals surface area contributed by atoms with Gasteiger partial charge in [-0.25, -0.2) is 0 Å². The molecule has 4 heteroatoms. The van der Waals surface area contributed by atoms with Gasteiger partial charge in [-0.3, -0.25) is 0 Å². The Bertz CT molecular complexity index is 393. The highest BCUT2D eigenvalue weighted by atomic mass is 16.5. The zero-order valence-electron chi connectivity index (χ0n) is 10.3. The number of hydrogen-bond donors (Lipinski definition) is 3. The number of nitrogens with two attached hydrogens (primary N) is 1. The van der Waals surface area contributed by atoms with Crippen molar-refractivity contribution in [1.82, 2.24) is 0 Å². The van der Waals surface area contributed by atoms with Gasteiger partial charge in [-0.05, 0) is 37.6 Å². The van der Waals surface area contributed by atoms with Crippen LogP contribution >= 0.6 is 0 Å². The fourth-order valence-electron chi connectivity index (χ4n) is 1.93. The van der Waals surface area contributed by atoms with Gasteiger partial charge in [0, 0.05) is 24.7 Å². The van der Waals surface area contributed by atoms with Gasteiger partial charge in [0.2, 0.25) is 0 Å². The number of rotatable bonds is 4. The molecule has 4 nitrogen and oxygen atoms in total. The Morgan fingerprint density at radius 2 is 2.29 bits per heavy atom. The molecular weight excluding hydrogens is 216 g/mol. The van der Waals surface area contributed by atoms with E-state index in [2.05, 4.69) is 11.4 Å². The summed E-state index contributed by atoms with van der Waals surface area (Å²) in [6.45, 7) is 4.27. The standard InChI is InChI=1S/C13H20N2O2/c1-8(9(2)16)15-11-3-4-13-10(5-11)6-12(7-14)17-13/h3-5,8-9,12,15-16H,6-7,14H2,1-2H3. The Balaban J connectivity index is 2.08. The molecule has 0 saturated heterocycles. The molecule has 1 aliphatic rings. The third-order valence-electron chi connectivity index (χ3n) is 3.18. The highest BCUT2D eigenvalue weighted by Gasteiger charge is 2.21. The zero-order chi connectivity index (χ0) is 12.4. The van der Waals surface area contributed by atoms with Crippen LogP contribution in [0.4, 0.5) is 5.69 Å². The van der Waals surface area contributed by atoms with Gasteiger partial charge in [0.15, 0.2) is 0 Å². The fraction of sp³-hybridized carbons (Fsp3) is 0.538. The molecule has 0 aromatic heterocycles. The van der Waals surface area contributed by atoms with Crippen LogP contribution in [0.2, 0.25) is 0 Å². The van der Waals surface area contributed by atoms with E-state index in [9.17, 15) is 5.11 Å². The zero-order valence-corrected chi connectivity index (χ0v) is 10.3. The SMILES string of the molecule is CC(O)C(C)Nc1ccc2c(c1)CC(CN)O2. The topological polar surface area (TPSA) is 67.5 Å². The van der Waals surface area contributed by atoms with Crippen LogP contribution in [0.5, 0.6) is 5.75 Å². The predicted molar refractivity (Wildman–Crippen MR) is 68.4 cm³/mol. The van der Waals surface area contributed by atoms with Crippen LogP contribution in [-0.4, -0.2) is 29.9 Å². The summed E-state index contributed by atoms with van der Waals surface area (Å²) in [7, 11) is 0. The molecule has 1 aromatic rings. The van der Waals surface area contributed by atoms with Crippen LogP contribution in [0.3, 0.4) is 0 Å². The van der Waals surface area contributed by atoms with E-state index in [4.69, 9.17) is 10.5 Å². The van der Waals surface area contributed by atoms with Crippen molar-refractivity contribution >= 4 is 5.69 Å². The van der Waals surface area contributed by atoms with Crippen LogP contribution < -0.4 is 15.8 Å². The van der Waals surface area contributed by atoms with E-state index in [1.807, 2.05) is 19.1 Å². The van der Waals surface area contributed by atoms with Gasteiger partial charge in [-0.1, -0.05) is 0 Å². The first kappa shape index (κ1) is 12.2. The van der Waals surface area contributed by atoms with Gasteiger partial charge in [-0.2, -0.15) is 0 Å². The van der Waals surface area contributed by atoms with Gasteiger partial charge < -0.3 is 20.9 Å². The maximum absolute atomic E-state index is 9.45. The van der Waals surface area contributed by atoms with Crippen molar-refractivity contribution in [2.75, 3.05) is 11.9 Å². The first-order valence-corrected chi connectivity index (χ1v) is 6.04. The smallest absolute Gasteiger partial charge is 0.123 e. The van der Waals surface area contributed by atoms with Crippen LogP contribution in [-0.2, 0) is 6.42 Å². The van der Waals surface area contributed by atoms with E-state index in [1.54, 1.807) is 6.92 Å². The monoisotopic (exact) mass is 236 g/mol. The van der Waals surface area contributed by atoms with E-state index < -0.39 is 0 Å². The number of ether oxygens (including phenoxy) is 1. The highest BCUT2D eigenvalue weighted by Crippen LogP contribution is 2.31. The molecule has 1 heterocycles. The molecule has 17 heavy (non-hydrogen) atoms. The molecule has 0 radical (unpaired) electrons. The molecule has 0 amide bonds. The Morgan fingerprint density at radius 3 is 2.94 bits per heavy atom. The van der Waals surface area contributed by atoms with Crippen molar-refractivity contribution in [2.24, 2.45) is 5.73 Å². The number of anilines is 1. The molecule has 1 aromatic carbocycles. The Labute approximate surface area is 102 Å². The summed E-state index contributed by atoms with van der Waals surface area (Å²) in [5.74, 6) is 0.927. The minimum Gasteiger partial charge on any atom is -0.488 e. The van der Waals surface area contributed by atoms with Gasteiger partial charge in [0.25, 0.3) is 0 Å². The molecule has 1 aliphatic heterocycles. The summed E-state index contributed by atoms with van der Waals surface area (Å²) in [5.41, 5.74) is 7.79. The van der Waals surface area contributed by atoms with Gasteiger partial charge >= 0.3 is 0 Å². The van der Waals surface area contributed by atoms with E-state index in [0.717, 1.165) is 17.9 Å². The van der Waals surface area contributed by atoms with Crippen molar-refractivity contribution in [1.29, 1.82) is 0 Å². The molecular formula is C13H20N2O2. The van der Waals surface area contributed by atoms with E-state index in [1.165, 1.54) is 5.56 Å². The summed E-state index contributed by atoms with van der Waals surface area (Å²) >= 11 is 0. The molecule has 2 rings (SSSR count). The summed E-state index contributed by atoms with van der Waals surface area (Å²) in [5, 5.41) is 12.7. The van der Waals surface area contributed by atoms with E-state index >= 15 is 0 Å². The second-order valence-corrected chi connectivity index (χ2v) is 4.68. The largest absolute Gasteiger partial charge is 0.488 e. The van der Waals surface area contributed by atoms with Crippen LogP contribution in [0.1, 0.15) is 19.4 Å². The number of aliphatic hydroxyl groups is 1. The normalized spacial score (nSPS) is 21.5. The van der Waals surface area contributed by atoms with Crippen molar-refractivity contribution < 1.29 is 9.84 Å². The van der Waals surface area contributed by atoms with Gasteiger partial charge in [0.1, 0.15) is 11.9 Å². The van der Waals surface area contributed by atoms with Crippen LogP contribution in [0, 0.1) is 0 Å². The number of aliphatic hydroxyl groups excluding tert-OH is 1. The first-order valence-electron chi connectivity index (χ1n) is 6.04. The summed E-state index contributed by atoms with van der Waals surface area (Å²) < 4.78 is 5.66. The van der Waals surface area contributed by atoms with Crippen molar-refractivity contribution in [2.45, 2.75) is 38.5 Å². The summed E-state index contributed by atoms with van der Waals surface area (Å²) in [6, 6.07) is 6.03. The number of fused-ring (bicyclic) bond motifs is 1. The minimum atomic E-state index is -0.378. The average molecular weight is 236 g/mol. The van der Waals surface area contributed by atoms with Crippen LogP contribution in [0.25, 0.3) is 0 Å². The number of nitrogens with one attached hydrogen (secondary N) is 1. The maximum atomic E-state index is 9.45. The number of hydrogen-bond acceptors (Lipinski definition) is 4. The second kappa shape index (κ2) is 4.94. The van der Waals surface area contributed by atoms with Crippen molar-refractivity contribution in [3.8, 4) is 5.75 Å². The lowest BCUT2D eigenvalue weighted by Gasteiger charge is -2.18. The molecule has 4 N–H and O–H groups in total. The van der Waals surface area contributed by atoms with Crippen LogP contribution in [0.15, 0.2) is 18.2 Å². The quantitative estimate of drug-likeness (QED) is 0.733. The summed E-state index contributed by atoms with van der Waals surface area (Å²) in [4.78, 5) is 0. The third-order valence-corrected chi connectivity index (χ3v) is 3.18. The Kier molecular flexibility index (Phi) is 3.54. The minimum absolute atomic E-state index is 0.0284. The molecule has 3 atom stereocenters. The lowest BCUT2D eigenvalue weighted by atomic mass is 10.1. The van der Waals surface area contributed by atoms with E-state index in [0.29, 0.717) is 6.54 Å². The molecule has 3 unspecified atom stereocenters. The molecule has 0 saturated carbocycles. The van der Waals surface area contributed by atoms with Gasteiger partial charge in [0.05, 0.1) is 6.10 Å². The lowest BCUT2D eigenvalue weighted by molar-refractivity contribution is 0.178. The molecule has 94 valence electrons. The highest BCUT2D eigenvalue weighted by molar-refractivity contribution is 5.53. The number of benzene rings is 1. The van der Waals surface area contributed by atoms with Crippen molar-refractivity contribution in [3.63, 3.8) is 0 Å². The molecule has 0 bridgehead atoms. The Hall–Kier alpha value is -1.26. The fourth-order valence-corrected chi connectivity index (χ4v) is 1.93.